The molecule has 2 heteroatoms. The summed E-state index contributed by atoms with van der Waals surface area (Å²) in [6, 6.07) is 14.7. The van der Waals surface area contributed by atoms with Crippen LogP contribution in [0, 0.1) is 0 Å². The van der Waals surface area contributed by atoms with Crippen LogP contribution >= 0.6 is 0 Å². The Balaban J connectivity index is 2.19. The van der Waals surface area contributed by atoms with Crippen LogP contribution in [0.2, 0.25) is 0 Å². The zero-order valence-corrected chi connectivity index (χ0v) is 12.0. The molecule has 0 heterocycles. The molecule has 0 unspecified atom stereocenters. The standard InChI is InChI=1S/C19H16O2/c1-2-21-18-11-16-14(9-10-17(16)20)15-8-7-12-5-3-4-6-13(12)19(15)18/h3-8,11H,2,9-10H2,1H3/p+1. The second kappa shape index (κ2) is 4.59. The van der Waals surface area contributed by atoms with E-state index in [1.165, 1.54) is 27.1 Å². The molecule has 1 N–H and O–H groups in total. The largest absolute Gasteiger partial charge is 0.493 e. The quantitative estimate of drug-likeness (QED) is 0.509. The molecule has 1 aliphatic carbocycles. The first-order valence-electron chi connectivity index (χ1n) is 7.45. The van der Waals surface area contributed by atoms with E-state index in [2.05, 4.69) is 36.4 Å². The Hall–Kier alpha value is -2.35. The summed E-state index contributed by atoms with van der Waals surface area (Å²) in [6.07, 6.45) is 1.63. The van der Waals surface area contributed by atoms with Gasteiger partial charge in [-0.3, -0.25) is 4.79 Å². The number of benzene rings is 3. The van der Waals surface area contributed by atoms with Gasteiger partial charge in [0.25, 0.3) is 0 Å². The second-order valence-electron chi connectivity index (χ2n) is 5.49. The number of carbonyl (C=O) groups excluding carboxylic acids is 1. The molecule has 104 valence electrons. The maximum atomic E-state index is 10.1. The van der Waals surface area contributed by atoms with Crippen molar-refractivity contribution in [2.75, 3.05) is 6.61 Å². The molecule has 3 aromatic rings. The summed E-state index contributed by atoms with van der Waals surface area (Å²) in [5, 5.41) is 4.81. The Morgan fingerprint density at radius 3 is 2.76 bits per heavy atom. The highest BCUT2D eigenvalue weighted by atomic mass is 16.5. The highest BCUT2D eigenvalue weighted by Crippen LogP contribution is 2.39. The summed E-state index contributed by atoms with van der Waals surface area (Å²) in [4.78, 5) is 10.1. The summed E-state index contributed by atoms with van der Waals surface area (Å²) in [7, 11) is 0. The van der Waals surface area contributed by atoms with Gasteiger partial charge >= 0.3 is 5.78 Å². The van der Waals surface area contributed by atoms with Crippen molar-refractivity contribution < 1.29 is 9.53 Å². The first kappa shape index (κ1) is 12.4. The van der Waals surface area contributed by atoms with Crippen molar-refractivity contribution in [3.05, 3.63) is 53.6 Å². The molecule has 3 aromatic carbocycles. The molecule has 2 nitrogen and oxygen atoms in total. The van der Waals surface area contributed by atoms with Crippen LogP contribution in [0.4, 0.5) is 0 Å². The summed E-state index contributed by atoms with van der Waals surface area (Å²) in [5.41, 5.74) is 2.21. The molecule has 0 bridgehead atoms. The van der Waals surface area contributed by atoms with Crippen molar-refractivity contribution in [3.63, 3.8) is 0 Å². The monoisotopic (exact) mass is 277 g/mol. The van der Waals surface area contributed by atoms with Gasteiger partial charge in [0.1, 0.15) is 5.75 Å². The van der Waals surface area contributed by atoms with Crippen LogP contribution < -0.4 is 4.74 Å². The first-order valence-corrected chi connectivity index (χ1v) is 7.45. The zero-order valence-electron chi connectivity index (χ0n) is 12.0. The molecule has 0 fully saturated rings. The minimum absolute atomic E-state index is 0.487. The van der Waals surface area contributed by atoms with Gasteiger partial charge in [0.2, 0.25) is 0 Å². The van der Waals surface area contributed by atoms with Gasteiger partial charge in [0.05, 0.1) is 18.6 Å². The van der Waals surface area contributed by atoms with E-state index in [4.69, 9.17) is 4.74 Å². The van der Waals surface area contributed by atoms with Gasteiger partial charge in [0.15, 0.2) is 0 Å². The third kappa shape index (κ3) is 1.75. The summed E-state index contributed by atoms with van der Waals surface area (Å²) in [5.74, 6) is 1.36. The lowest BCUT2D eigenvalue weighted by molar-refractivity contribution is 0.344. The van der Waals surface area contributed by atoms with E-state index >= 15 is 0 Å². The van der Waals surface area contributed by atoms with Crippen molar-refractivity contribution in [3.8, 4) is 5.75 Å². The van der Waals surface area contributed by atoms with E-state index in [1.54, 1.807) is 0 Å². The molecule has 0 amide bonds. The van der Waals surface area contributed by atoms with Gasteiger partial charge in [-0.05, 0) is 41.1 Å². The number of aryl methyl sites for hydroxylation is 1. The lowest BCUT2D eigenvalue weighted by Gasteiger charge is -2.13. The minimum Gasteiger partial charge on any atom is -0.493 e. The number of rotatable bonds is 2. The SMILES string of the molecule is CCOc1cc2c(c3ccc4ccccc4c13)CCC2=[OH+]. The Bertz CT molecular complexity index is 877. The molecular weight excluding hydrogens is 260 g/mol. The molecule has 0 atom stereocenters. The van der Waals surface area contributed by atoms with Crippen LogP contribution in [0.5, 0.6) is 5.75 Å². The predicted octanol–water partition coefficient (Wildman–Crippen LogP) is 4.23. The summed E-state index contributed by atoms with van der Waals surface area (Å²) < 4.78 is 5.88. The van der Waals surface area contributed by atoms with Gasteiger partial charge in [-0.15, -0.1) is 0 Å². The molecule has 1 aliphatic rings. The topological polar surface area (TPSA) is 30.6 Å². The Kier molecular flexibility index (Phi) is 2.71. The fourth-order valence-corrected chi connectivity index (χ4v) is 3.40. The molecule has 0 aliphatic heterocycles. The maximum absolute atomic E-state index is 10.1. The molecule has 0 radical (unpaired) electrons. The molecule has 0 aromatic heterocycles. The van der Waals surface area contributed by atoms with E-state index in [1.807, 2.05) is 13.0 Å². The van der Waals surface area contributed by atoms with Crippen LogP contribution in [0.3, 0.4) is 0 Å². The van der Waals surface area contributed by atoms with Crippen molar-refractivity contribution in [2.24, 2.45) is 0 Å². The van der Waals surface area contributed by atoms with Crippen LogP contribution in [-0.4, -0.2) is 17.2 Å². The highest BCUT2D eigenvalue weighted by Gasteiger charge is 2.28. The first-order chi connectivity index (χ1) is 10.3. The Morgan fingerprint density at radius 1 is 1.05 bits per heavy atom. The third-order valence-electron chi connectivity index (χ3n) is 4.32. The normalized spacial score (nSPS) is 13.9. The number of ketones is 1. The van der Waals surface area contributed by atoms with Crippen molar-refractivity contribution >= 4 is 27.3 Å². The summed E-state index contributed by atoms with van der Waals surface area (Å²) in [6.45, 7) is 2.62. The van der Waals surface area contributed by atoms with E-state index in [9.17, 15) is 4.79 Å². The van der Waals surface area contributed by atoms with E-state index in [-0.39, 0.29) is 0 Å². The molecule has 0 saturated carbocycles. The van der Waals surface area contributed by atoms with Gasteiger partial charge < -0.3 is 4.74 Å². The van der Waals surface area contributed by atoms with Gasteiger partial charge in [-0.2, -0.15) is 0 Å². The maximum Gasteiger partial charge on any atom is 0.324 e. The Labute approximate surface area is 123 Å². The van der Waals surface area contributed by atoms with E-state index in [0.717, 1.165) is 24.2 Å². The molecular formula is C19H17O2+. The zero-order chi connectivity index (χ0) is 14.4. The predicted molar refractivity (Wildman–Crippen MR) is 87.0 cm³/mol. The molecule has 0 spiro atoms. The number of hydrogen-bond donors (Lipinski definition) is 0. The second-order valence-corrected chi connectivity index (χ2v) is 5.49. The van der Waals surface area contributed by atoms with Gasteiger partial charge in [-0.1, -0.05) is 36.4 Å². The van der Waals surface area contributed by atoms with E-state index in [0.29, 0.717) is 12.4 Å². The fraction of sp³-hybridized carbons (Fsp3) is 0.211. The highest BCUT2D eigenvalue weighted by molar-refractivity contribution is 6.16. The molecule has 21 heavy (non-hydrogen) atoms. The lowest BCUT2D eigenvalue weighted by atomic mass is 9.95. The minimum atomic E-state index is 0.487. The van der Waals surface area contributed by atoms with Crippen LogP contribution in [0.1, 0.15) is 24.5 Å². The molecule has 4 rings (SSSR count). The number of hydrogen-bond acceptors (Lipinski definition) is 1. The van der Waals surface area contributed by atoms with Crippen molar-refractivity contribution in [1.29, 1.82) is 0 Å². The van der Waals surface area contributed by atoms with Crippen LogP contribution in [0.15, 0.2) is 42.5 Å². The van der Waals surface area contributed by atoms with Crippen molar-refractivity contribution in [2.45, 2.75) is 19.8 Å². The number of fused-ring (bicyclic) bond motifs is 5. The lowest BCUT2D eigenvalue weighted by Crippen LogP contribution is -1.99. The number of ether oxygens (including phenoxy) is 1. The average Bonchev–Trinajstić information content (AvgIpc) is 2.88. The van der Waals surface area contributed by atoms with Crippen LogP contribution in [0.25, 0.3) is 21.5 Å². The Morgan fingerprint density at radius 2 is 1.90 bits per heavy atom. The van der Waals surface area contributed by atoms with Crippen molar-refractivity contribution in [1.82, 2.24) is 0 Å². The third-order valence-corrected chi connectivity index (χ3v) is 4.32. The average molecular weight is 277 g/mol. The summed E-state index contributed by atoms with van der Waals surface area (Å²) >= 11 is 0. The van der Waals surface area contributed by atoms with Crippen LogP contribution in [-0.2, 0) is 6.42 Å². The fourth-order valence-electron chi connectivity index (χ4n) is 3.40. The van der Waals surface area contributed by atoms with E-state index < -0.39 is 0 Å². The smallest absolute Gasteiger partial charge is 0.324 e. The van der Waals surface area contributed by atoms with Gasteiger partial charge in [-0.25, -0.2) is 0 Å². The van der Waals surface area contributed by atoms with Gasteiger partial charge in [0, 0.05) is 5.39 Å². The molecule has 0 saturated heterocycles.